The predicted octanol–water partition coefficient (Wildman–Crippen LogP) is 2.95. The molecule has 1 heterocycles. The van der Waals surface area contributed by atoms with Crippen molar-refractivity contribution in [2.24, 2.45) is 0 Å². The normalized spacial score (nSPS) is 15.6. The first-order chi connectivity index (χ1) is 11.2. The first kappa shape index (κ1) is 15.9. The number of nitrogens with zero attached hydrogens (tertiary/aromatic N) is 1. The molecular weight excluding hydrogens is 298 g/mol. The standard InChI is InChI=1S/C18H20F2N2O/c19-16-3-5-17(6-4-16)23-13-14-1-2-15(18(20)11-14)12-22-9-7-21-8-10-22/h1-6,11,21H,7-10,12-13H2. The van der Waals surface area contributed by atoms with Gasteiger partial charge in [-0.25, -0.2) is 8.78 Å². The van der Waals surface area contributed by atoms with E-state index in [1.54, 1.807) is 12.1 Å². The van der Waals surface area contributed by atoms with Crippen LogP contribution in [0, 0.1) is 11.6 Å². The Balaban J connectivity index is 1.58. The Kier molecular flexibility index (Phi) is 5.20. The summed E-state index contributed by atoms with van der Waals surface area (Å²) in [5, 5.41) is 3.28. The van der Waals surface area contributed by atoms with Crippen LogP contribution in [0.3, 0.4) is 0 Å². The molecule has 0 saturated carbocycles. The lowest BCUT2D eigenvalue weighted by Gasteiger charge is -2.27. The summed E-state index contributed by atoms with van der Waals surface area (Å²) in [6.07, 6.45) is 0. The second-order valence-electron chi connectivity index (χ2n) is 5.69. The highest BCUT2D eigenvalue weighted by molar-refractivity contribution is 5.26. The number of hydrogen-bond donors (Lipinski definition) is 1. The molecule has 0 spiro atoms. The third-order valence-electron chi connectivity index (χ3n) is 3.94. The molecule has 1 aliphatic heterocycles. The topological polar surface area (TPSA) is 24.5 Å². The molecule has 0 aromatic heterocycles. The Morgan fingerprint density at radius 1 is 1.00 bits per heavy atom. The fourth-order valence-electron chi connectivity index (χ4n) is 2.62. The highest BCUT2D eigenvalue weighted by Gasteiger charge is 2.12. The minimum Gasteiger partial charge on any atom is -0.489 e. The van der Waals surface area contributed by atoms with Gasteiger partial charge in [0.15, 0.2) is 0 Å². The van der Waals surface area contributed by atoms with Gasteiger partial charge in [0, 0.05) is 38.3 Å². The average molecular weight is 318 g/mol. The first-order valence-corrected chi connectivity index (χ1v) is 7.79. The van der Waals surface area contributed by atoms with E-state index in [1.165, 1.54) is 18.2 Å². The quantitative estimate of drug-likeness (QED) is 0.917. The number of halogens is 2. The summed E-state index contributed by atoms with van der Waals surface area (Å²) in [4.78, 5) is 2.24. The van der Waals surface area contributed by atoms with Crippen LogP contribution < -0.4 is 10.1 Å². The number of hydrogen-bond acceptors (Lipinski definition) is 3. The summed E-state index contributed by atoms with van der Waals surface area (Å²) in [7, 11) is 0. The van der Waals surface area contributed by atoms with Gasteiger partial charge in [0.25, 0.3) is 0 Å². The van der Waals surface area contributed by atoms with Crippen LogP contribution in [0.5, 0.6) is 5.75 Å². The minimum atomic E-state index is -0.305. The van der Waals surface area contributed by atoms with Crippen LogP contribution in [0.4, 0.5) is 8.78 Å². The molecular formula is C18H20F2N2O. The van der Waals surface area contributed by atoms with E-state index in [0.717, 1.165) is 31.7 Å². The number of nitrogens with one attached hydrogen (secondary N) is 1. The van der Waals surface area contributed by atoms with Crippen molar-refractivity contribution in [3.05, 3.63) is 65.2 Å². The first-order valence-electron chi connectivity index (χ1n) is 7.79. The summed E-state index contributed by atoms with van der Waals surface area (Å²) >= 11 is 0. The van der Waals surface area contributed by atoms with Crippen molar-refractivity contribution in [3.63, 3.8) is 0 Å². The van der Waals surface area contributed by atoms with Crippen LogP contribution in [0.15, 0.2) is 42.5 Å². The van der Waals surface area contributed by atoms with Crippen molar-refractivity contribution >= 4 is 0 Å². The van der Waals surface area contributed by atoms with Crippen molar-refractivity contribution in [1.29, 1.82) is 0 Å². The SMILES string of the molecule is Fc1ccc(OCc2ccc(CN3CCNCC3)c(F)c2)cc1. The molecule has 1 saturated heterocycles. The van der Waals surface area contributed by atoms with Gasteiger partial charge < -0.3 is 10.1 Å². The van der Waals surface area contributed by atoms with Gasteiger partial charge in [-0.1, -0.05) is 12.1 Å². The van der Waals surface area contributed by atoms with E-state index in [9.17, 15) is 8.78 Å². The maximum Gasteiger partial charge on any atom is 0.128 e. The summed E-state index contributed by atoms with van der Waals surface area (Å²) < 4.78 is 32.6. The maximum atomic E-state index is 14.2. The summed E-state index contributed by atoms with van der Waals surface area (Å²) in [5.74, 6) is 0.0566. The molecule has 23 heavy (non-hydrogen) atoms. The molecule has 0 radical (unpaired) electrons. The van der Waals surface area contributed by atoms with Gasteiger partial charge in [-0.15, -0.1) is 0 Å². The van der Waals surface area contributed by atoms with Gasteiger partial charge >= 0.3 is 0 Å². The van der Waals surface area contributed by atoms with Crippen molar-refractivity contribution in [2.75, 3.05) is 26.2 Å². The second-order valence-corrected chi connectivity index (χ2v) is 5.69. The molecule has 1 aliphatic rings. The van der Waals surface area contributed by atoms with Gasteiger partial charge in [0.05, 0.1) is 0 Å². The molecule has 3 rings (SSSR count). The van der Waals surface area contributed by atoms with E-state index in [0.29, 0.717) is 17.9 Å². The van der Waals surface area contributed by atoms with Crippen molar-refractivity contribution < 1.29 is 13.5 Å². The summed E-state index contributed by atoms with van der Waals surface area (Å²) in [5.41, 5.74) is 1.47. The van der Waals surface area contributed by atoms with Gasteiger partial charge in [-0.3, -0.25) is 4.90 Å². The second kappa shape index (κ2) is 7.53. The number of ether oxygens (including phenoxy) is 1. The molecule has 1 N–H and O–H groups in total. The van der Waals surface area contributed by atoms with Crippen LogP contribution >= 0.6 is 0 Å². The zero-order valence-electron chi connectivity index (χ0n) is 12.9. The number of piperazine rings is 1. The molecule has 5 heteroatoms. The molecule has 0 unspecified atom stereocenters. The van der Waals surface area contributed by atoms with Crippen molar-refractivity contribution in [2.45, 2.75) is 13.2 Å². The third kappa shape index (κ3) is 4.50. The Morgan fingerprint density at radius 3 is 2.43 bits per heavy atom. The smallest absolute Gasteiger partial charge is 0.128 e. The van der Waals surface area contributed by atoms with E-state index >= 15 is 0 Å². The van der Waals surface area contributed by atoms with E-state index in [4.69, 9.17) is 4.74 Å². The van der Waals surface area contributed by atoms with Gasteiger partial charge in [-0.2, -0.15) is 0 Å². The van der Waals surface area contributed by atoms with E-state index in [-0.39, 0.29) is 18.2 Å². The van der Waals surface area contributed by atoms with Crippen molar-refractivity contribution in [3.8, 4) is 5.75 Å². The zero-order chi connectivity index (χ0) is 16.1. The van der Waals surface area contributed by atoms with Crippen LogP contribution in [0.1, 0.15) is 11.1 Å². The molecule has 0 atom stereocenters. The molecule has 2 aromatic rings. The van der Waals surface area contributed by atoms with E-state index in [2.05, 4.69) is 10.2 Å². The van der Waals surface area contributed by atoms with Gasteiger partial charge in [-0.05, 0) is 35.9 Å². The highest BCUT2D eigenvalue weighted by atomic mass is 19.1. The monoisotopic (exact) mass is 318 g/mol. The molecule has 2 aromatic carbocycles. The molecule has 122 valence electrons. The van der Waals surface area contributed by atoms with Crippen LogP contribution in [0.2, 0.25) is 0 Å². The van der Waals surface area contributed by atoms with Crippen LogP contribution in [0.25, 0.3) is 0 Å². The molecule has 1 fully saturated rings. The molecule has 3 nitrogen and oxygen atoms in total. The highest BCUT2D eigenvalue weighted by Crippen LogP contribution is 2.17. The average Bonchev–Trinajstić information content (AvgIpc) is 2.57. The van der Waals surface area contributed by atoms with E-state index < -0.39 is 0 Å². The Hall–Kier alpha value is -1.98. The van der Waals surface area contributed by atoms with Crippen LogP contribution in [-0.4, -0.2) is 31.1 Å². The van der Waals surface area contributed by atoms with E-state index in [1.807, 2.05) is 12.1 Å². The van der Waals surface area contributed by atoms with Gasteiger partial charge in [0.1, 0.15) is 24.0 Å². The summed E-state index contributed by atoms with van der Waals surface area (Å²) in [6.45, 7) is 4.67. The lowest BCUT2D eigenvalue weighted by molar-refractivity contribution is 0.230. The minimum absolute atomic E-state index is 0.205. The largest absolute Gasteiger partial charge is 0.489 e. The van der Waals surface area contributed by atoms with Gasteiger partial charge in [0.2, 0.25) is 0 Å². The lowest BCUT2D eigenvalue weighted by Crippen LogP contribution is -2.43. The predicted molar refractivity (Wildman–Crippen MR) is 85.3 cm³/mol. The lowest BCUT2D eigenvalue weighted by atomic mass is 10.1. The van der Waals surface area contributed by atoms with Crippen LogP contribution in [-0.2, 0) is 13.2 Å². The third-order valence-corrected chi connectivity index (χ3v) is 3.94. The Bertz CT molecular complexity index is 640. The zero-order valence-corrected chi connectivity index (χ0v) is 12.9. The van der Waals surface area contributed by atoms with Crippen molar-refractivity contribution in [1.82, 2.24) is 10.2 Å². The fourth-order valence-corrected chi connectivity index (χ4v) is 2.62. The Labute approximate surface area is 134 Å². The molecule has 0 aliphatic carbocycles. The number of benzene rings is 2. The molecule has 0 amide bonds. The maximum absolute atomic E-state index is 14.2. The Morgan fingerprint density at radius 2 is 1.74 bits per heavy atom. The number of rotatable bonds is 5. The summed E-state index contributed by atoms with van der Waals surface area (Å²) in [6, 6.07) is 11.0. The molecule has 0 bridgehead atoms. The fraction of sp³-hybridized carbons (Fsp3) is 0.333.